The topological polar surface area (TPSA) is 106 Å². The lowest BCUT2D eigenvalue weighted by Crippen LogP contribution is -2.47. The molecule has 0 radical (unpaired) electrons. The van der Waals surface area contributed by atoms with Gasteiger partial charge in [0.2, 0.25) is 5.91 Å². The number of carbonyl (C=O) groups excluding carboxylic acids is 3. The van der Waals surface area contributed by atoms with E-state index in [0.29, 0.717) is 55.0 Å². The quantitative estimate of drug-likeness (QED) is 0.174. The first-order valence-electron chi connectivity index (χ1n) is 15.3. The second-order valence-corrected chi connectivity index (χ2v) is 11.8. The number of unbranched alkanes of at least 4 members (excludes halogenated alkanes) is 3. The van der Waals surface area contributed by atoms with Crippen LogP contribution in [0.5, 0.6) is 5.75 Å². The molecule has 1 aliphatic heterocycles. The molecule has 2 aromatic carbocycles. The van der Waals surface area contributed by atoms with Crippen molar-refractivity contribution in [1.29, 1.82) is 0 Å². The molecular formula is C35H44N4O4. The summed E-state index contributed by atoms with van der Waals surface area (Å²) in [5, 5.41) is 0. The van der Waals surface area contributed by atoms with Crippen molar-refractivity contribution in [2.45, 2.75) is 77.3 Å². The van der Waals surface area contributed by atoms with Gasteiger partial charge in [-0.15, -0.1) is 0 Å². The first kappa shape index (κ1) is 31.9. The molecule has 0 spiro atoms. The molecular weight excluding hydrogens is 540 g/mol. The van der Waals surface area contributed by atoms with E-state index in [-0.39, 0.29) is 11.8 Å². The molecule has 4 rings (SSSR count). The minimum absolute atomic E-state index is 0.201. The first-order valence-corrected chi connectivity index (χ1v) is 15.3. The van der Waals surface area contributed by atoms with E-state index in [9.17, 15) is 14.4 Å². The maximum atomic E-state index is 13.2. The maximum absolute atomic E-state index is 13.2. The maximum Gasteiger partial charge on any atom is 0.261 e. The highest BCUT2D eigenvalue weighted by Gasteiger charge is 2.42. The summed E-state index contributed by atoms with van der Waals surface area (Å²) < 4.78 is 6.00. The van der Waals surface area contributed by atoms with Crippen LogP contribution in [0.1, 0.15) is 91.8 Å². The van der Waals surface area contributed by atoms with Gasteiger partial charge in [0.05, 0.1) is 23.4 Å². The highest BCUT2D eigenvalue weighted by atomic mass is 16.5. The van der Waals surface area contributed by atoms with Gasteiger partial charge in [-0.2, -0.15) is 0 Å². The van der Waals surface area contributed by atoms with Gasteiger partial charge >= 0.3 is 0 Å². The summed E-state index contributed by atoms with van der Waals surface area (Å²) in [6, 6.07) is 20.9. The predicted molar refractivity (Wildman–Crippen MR) is 168 cm³/mol. The third-order valence-electron chi connectivity index (χ3n) is 8.36. The summed E-state index contributed by atoms with van der Waals surface area (Å²) in [6.07, 6.45) is 5.64. The second kappa shape index (κ2) is 14.4. The van der Waals surface area contributed by atoms with E-state index in [1.807, 2.05) is 42.5 Å². The number of nitrogens with two attached hydrogens (primary N) is 1. The molecule has 1 aromatic heterocycles. The number of pyridine rings is 1. The summed E-state index contributed by atoms with van der Waals surface area (Å²) in [6.45, 7) is 10.3. The summed E-state index contributed by atoms with van der Waals surface area (Å²) in [4.78, 5) is 46.5. The Kier molecular flexibility index (Phi) is 10.7. The first-order chi connectivity index (χ1) is 20.7. The Morgan fingerprint density at radius 1 is 0.860 bits per heavy atom. The van der Waals surface area contributed by atoms with Gasteiger partial charge in [0.25, 0.3) is 11.8 Å². The average Bonchev–Trinajstić information content (AvgIpc) is 3.24. The number of rotatable bonds is 16. The zero-order valence-electron chi connectivity index (χ0n) is 25.8. The van der Waals surface area contributed by atoms with E-state index in [4.69, 9.17) is 10.5 Å². The standard InChI is InChI=1S/C35H44N4O4/c1-25(2)38(26(3)4)23-20-35(34(36)42,31-15-9-10-21-37-31)27-16-18-28(19-17-27)43-24-12-6-5-11-22-39-32(40)29-13-7-8-14-30(29)33(39)41/h7-10,13-19,21,25-26H,5-6,11-12,20,22-24H2,1-4H3,(H2,36,42). The number of amides is 3. The second-order valence-electron chi connectivity index (χ2n) is 11.8. The number of aromatic nitrogens is 1. The van der Waals surface area contributed by atoms with E-state index in [1.165, 1.54) is 4.90 Å². The molecule has 0 saturated carbocycles. The third-order valence-corrected chi connectivity index (χ3v) is 8.36. The normalized spacial score (nSPS) is 14.4. The molecule has 1 aliphatic rings. The lowest BCUT2D eigenvalue weighted by molar-refractivity contribution is -0.122. The number of benzene rings is 2. The monoisotopic (exact) mass is 584 g/mol. The van der Waals surface area contributed by atoms with Gasteiger partial charge in [-0.05, 0) is 88.9 Å². The third kappa shape index (κ3) is 7.13. The Balaban J connectivity index is 1.32. The summed E-state index contributed by atoms with van der Waals surface area (Å²) in [5.41, 5.74) is 7.52. The number of imide groups is 1. The van der Waals surface area contributed by atoms with Crippen LogP contribution in [0.2, 0.25) is 0 Å². The SMILES string of the molecule is CC(C)N(CCC(C(N)=O)(c1ccc(OCCCCCCN2C(=O)c3ccccc3C2=O)cc1)c1ccccn1)C(C)C. The number of primary amides is 1. The zero-order valence-corrected chi connectivity index (χ0v) is 25.8. The predicted octanol–water partition coefficient (Wildman–Crippen LogP) is 5.60. The van der Waals surface area contributed by atoms with E-state index >= 15 is 0 Å². The molecule has 0 bridgehead atoms. The van der Waals surface area contributed by atoms with Crippen molar-refractivity contribution in [3.63, 3.8) is 0 Å². The Labute approximate surface area is 255 Å². The fraction of sp³-hybridized carbons (Fsp3) is 0.429. The smallest absolute Gasteiger partial charge is 0.261 e. The minimum atomic E-state index is -1.07. The molecule has 2 N–H and O–H groups in total. The van der Waals surface area contributed by atoms with E-state index in [1.54, 1.807) is 30.5 Å². The summed E-state index contributed by atoms with van der Waals surface area (Å²) in [7, 11) is 0. The van der Waals surface area contributed by atoms with Gasteiger partial charge in [-0.25, -0.2) is 0 Å². The van der Waals surface area contributed by atoms with E-state index < -0.39 is 11.3 Å². The van der Waals surface area contributed by atoms with Crippen molar-refractivity contribution in [1.82, 2.24) is 14.8 Å². The van der Waals surface area contributed by atoms with Crippen LogP contribution in [0.15, 0.2) is 72.9 Å². The Morgan fingerprint density at radius 3 is 2.02 bits per heavy atom. The lowest BCUT2D eigenvalue weighted by atomic mass is 9.73. The van der Waals surface area contributed by atoms with Crippen LogP contribution < -0.4 is 10.5 Å². The van der Waals surface area contributed by atoms with Gasteiger partial charge in [0.15, 0.2) is 0 Å². The van der Waals surface area contributed by atoms with Gasteiger partial charge in [0, 0.05) is 31.4 Å². The van der Waals surface area contributed by atoms with E-state index in [0.717, 1.165) is 37.0 Å². The summed E-state index contributed by atoms with van der Waals surface area (Å²) in [5.74, 6) is -0.102. The number of hydrogen-bond donors (Lipinski definition) is 1. The average molecular weight is 585 g/mol. The molecule has 1 atom stereocenters. The van der Waals surface area contributed by atoms with Crippen molar-refractivity contribution in [3.8, 4) is 5.75 Å². The van der Waals surface area contributed by atoms with E-state index in [2.05, 4.69) is 37.6 Å². The van der Waals surface area contributed by atoms with Crippen LogP contribution in [-0.2, 0) is 10.2 Å². The Hall–Kier alpha value is -4.04. The molecule has 8 nitrogen and oxygen atoms in total. The number of ether oxygens (including phenoxy) is 1. The zero-order chi connectivity index (χ0) is 31.0. The van der Waals surface area contributed by atoms with Crippen LogP contribution in [-0.4, -0.2) is 64.3 Å². The van der Waals surface area contributed by atoms with Crippen LogP contribution in [0.4, 0.5) is 0 Å². The van der Waals surface area contributed by atoms with Crippen molar-refractivity contribution in [3.05, 3.63) is 95.3 Å². The minimum Gasteiger partial charge on any atom is -0.494 e. The Bertz CT molecular complexity index is 1350. The molecule has 2 heterocycles. The van der Waals surface area contributed by atoms with Gasteiger partial charge in [0.1, 0.15) is 11.2 Å². The van der Waals surface area contributed by atoms with Crippen molar-refractivity contribution in [2.75, 3.05) is 19.7 Å². The molecule has 0 saturated heterocycles. The Morgan fingerprint density at radius 2 is 1.47 bits per heavy atom. The van der Waals surface area contributed by atoms with Crippen LogP contribution in [0.3, 0.4) is 0 Å². The molecule has 0 fully saturated rings. The number of fused-ring (bicyclic) bond motifs is 1. The largest absolute Gasteiger partial charge is 0.494 e. The molecule has 0 aliphatic carbocycles. The van der Waals surface area contributed by atoms with Crippen LogP contribution in [0.25, 0.3) is 0 Å². The van der Waals surface area contributed by atoms with Gasteiger partial charge < -0.3 is 10.5 Å². The fourth-order valence-corrected chi connectivity index (χ4v) is 6.03. The van der Waals surface area contributed by atoms with Crippen molar-refractivity contribution < 1.29 is 19.1 Å². The molecule has 8 heteroatoms. The highest BCUT2D eigenvalue weighted by molar-refractivity contribution is 6.21. The van der Waals surface area contributed by atoms with Crippen LogP contribution >= 0.6 is 0 Å². The van der Waals surface area contributed by atoms with Crippen molar-refractivity contribution in [2.24, 2.45) is 5.73 Å². The molecule has 3 aromatic rings. The molecule has 43 heavy (non-hydrogen) atoms. The molecule has 228 valence electrons. The number of hydrogen-bond acceptors (Lipinski definition) is 6. The molecule has 3 amide bonds. The molecule has 1 unspecified atom stereocenters. The number of carbonyl (C=O) groups is 3. The fourth-order valence-electron chi connectivity index (χ4n) is 6.03. The highest BCUT2D eigenvalue weighted by Crippen LogP contribution is 2.36. The van der Waals surface area contributed by atoms with Crippen molar-refractivity contribution >= 4 is 17.7 Å². The number of nitrogens with zero attached hydrogens (tertiary/aromatic N) is 3. The van der Waals surface area contributed by atoms with Crippen LogP contribution in [0, 0.1) is 0 Å². The van der Waals surface area contributed by atoms with Gasteiger partial charge in [-0.1, -0.05) is 43.2 Å². The lowest BCUT2D eigenvalue weighted by Gasteiger charge is -2.36. The van der Waals surface area contributed by atoms with Gasteiger partial charge in [-0.3, -0.25) is 29.2 Å². The summed E-state index contributed by atoms with van der Waals surface area (Å²) >= 11 is 0.